The molecule has 0 radical (unpaired) electrons. The molecule has 5 nitrogen and oxygen atoms in total. The van der Waals surface area contributed by atoms with Crippen LogP contribution in [0.4, 0.5) is 0 Å². The van der Waals surface area contributed by atoms with Crippen molar-refractivity contribution >= 4 is 5.97 Å². The first-order chi connectivity index (χ1) is 10.1. The number of carboxylic acid groups (broad SMARTS) is 1. The Hall–Kier alpha value is -1.75. The van der Waals surface area contributed by atoms with Gasteiger partial charge in [-0.3, -0.25) is 9.69 Å². The smallest absolute Gasteiger partial charge is 0.308 e. The van der Waals surface area contributed by atoms with Gasteiger partial charge in [-0.25, -0.2) is 0 Å². The minimum absolute atomic E-state index is 0.147. The highest BCUT2D eigenvalue weighted by molar-refractivity contribution is 5.71. The van der Waals surface area contributed by atoms with Gasteiger partial charge in [0.1, 0.15) is 0 Å². The highest BCUT2D eigenvalue weighted by atomic mass is 16.5. The van der Waals surface area contributed by atoms with E-state index in [0.29, 0.717) is 18.4 Å². The summed E-state index contributed by atoms with van der Waals surface area (Å²) in [6.07, 6.45) is 2.82. The standard InChI is InChI=1S/C16H21NO4/c1-2-21-15-7-10(3-6-14(15)18)9-17-11-4-5-13(17)12(8-11)16(19)20/h3,6-7,11-13,18H,2,4-5,8-9H2,1H3,(H,19,20). The van der Waals surface area contributed by atoms with Gasteiger partial charge in [0.05, 0.1) is 12.5 Å². The van der Waals surface area contributed by atoms with Crippen molar-refractivity contribution in [1.82, 2.24) is 4.90 Å². The van der Waals surface area contributed by atoms with E-state index in [1.54, 1.807) is 6.07 Å². The Kier molecular flexibility index (Phi) is 3.76. The fraction of sp³-hybridized carbons (Fsp3) is 0.562. The predicted octanol–water partition coefficient (Wildman–Crippen LogP) is 2.23. The van der Waals surface area contributed by atoms with Gasteiger partial charge < -0.3 is 14.9 Å². The van der Waals surface area contributed by atoms with Gasteiger partial charge in [-0.1, -0.05) is 6.07 Å². The molecule has 114 valence electrons. The maximum atomic E-state index is 11.3. The Bertz CT molecular complexity index is 545. The van der Waals surface area contributed by atoms with Gasteiger partial charge in [-0.2, -0.15) is 0 Å². The number of rotatable bonds is 5. The van der Waals surface area contributed by atoms with Crippen molar-refractivity contribution in [3.8, 4) is 11.5 Å². The number of aliphatic carboxylic acids is 1. The zero-order valence-corrected chi connectivity index (χ0v) is 12.2. The van der Waals surface area contributed by atoms with E-state index >= 15 is 0 Å². The SMILES string of the molecule is CCOc1cc(CN2C3CCC2C(C(=O)O)C3)ccc1O. The normalized spacial score (nSPS) is 28.0. The average molecular weight is 291 g/mol. The number of aromatic hydroxyl groups is 1. The number of fused-ring (bicyclic) bond motifs is 2. The number of benzene rings is 1. The zero-order valence-electron chi connectivity index (χ0n) is 12.2. The van der Waals surface area contributed by atoms with Crippen molar-refractivity contribution in [1.29, 1.82) is 0 Å². The van der Waals surface area contributed by atoms with Crippen LogP contribution in [0.2, 0.25) is 0 Å². The van der Waals surface area contributed by atoms with E-state index in [4.69, 9.17) is 4.74 Å². The second-order valence-electron chi connectivity index (χ2n) is 5.89. The number of carbonyl (C=O) groups is 1. The zero-order chi connectivity index (χ0) is 15.0. The summed E-state index contributed by atoms with van der Waals surface area (Å²) in [5.41, 5.74) is 1.05. The number of phenols is 1. The molecule has 0 aromatic heterocycles. The molecule has 3 unspecified atom stereocenters. The number of hydrogen-bond acceptors (Lipinski definition) is 4. The van der Waals surface area contributed by atoms with Crippen molar-refractivity contribution in [3.05, 3.63) is 23.8 Å². The number of ether oxygens (including phenoxy) is 1. The molecule has 2 saturated heterocycles. The molecule has 21 heavy (non-hydrogen) atoms. The summed E-state index contributed by atoms with van der Waals surface area (Å²) < 4.78 is 5.41. The summed E-state index contributed by atoms with van der Waals surface area (Å²) in [6.45, 7) is 3.11. The number of hydrogen-bond donors (Lipinski definition) is 2. The van der Waals surface area contributed by atoms with Crippen LogP contribution in [0.25, 0.3) is 0 Å². The van der Waals surface area contributed by atoms with E-state index in [1.807, 2.05) is 19.1 Å². The second kappa shape index (κ2) is 5.56. The van der Waals surface area contributed by atoms with Crippen LogP contribution in [0.1, 0.15) is 31.7 Å². The topological polar surface area (TPSA) is 70.0 Å². The minimum Gasteiger partial charge on any atom is -0.504 e. The number of nitrogens with zero attached hydrogens (tertiary/aromatic N) is 1. The Morgan fingerprint density at radius 3 is 2.90 bits per heavy atom. The van der Waals surface area contributed by atoms with Gasteiger partial charge in [0.25, 0.3) is 0 Å². The molecule has 1 aromatic rings. The Morgan fingerprint density at radius 2 is 2.24 bits per heavy atom. The van der Waals surface area contributed by atoms with Crippen LogP contribution in [-0.4, -0.2) is 39.8 Å². The van der Waals surface area contributed by atoms with E-state index in [-0.39, 0.29) is 17.7 Å². The summed E-state index contributed by atoms with van der Waals surface area (Å²) >= 11 is 0. The van der Waals surface area contributed by atoms with Crippen LogP contribution in [0.5, 0.6) is 11.5 Å². The lowest BCUT2D eigenvalue weighted by Crippen LogP contribution is -2.32. The van der Waals surface area contributed by atoms with Crippen molar-refractivity contribution < 1.29 is 19.7 Å². The molecule has 0 aliphatic carbocycles. The molecule has 2 heterocycles. The molecule has 2 aliphatic heterocycles. The van der Waals surface area contributed by atoms with Crippen LogP contribution >= 0.6 is 0 Å². The molecular weight excluding hydrogens is 270 g/mol. The van der Waals surface area contributed by atoms with E-state index in [1.165, 1.54) is 0 Å². The Labute approximate surface area is 124 Å². The molecule has 0 spiro atoms. The van der Waals surface area contributed by atoms with E-state index < -0.39 is 5.97 Å². The number of carboxylic acids is 1. The Morgan fingerprint density at radius 1 is 1.43 bits per heavy atom. The number of phenolic OH excluding ortho intramolecular Hbond substituents is 1. The minimum atomic E-state index is -0.673. The lowest BCUT2D eigenvalue weighted by molar-refractivity contribution is -0.142. The van der Waals surface area contributed by atoms with E-state index in [9.17, 15) is 15.0 Å². The van der Waals surface area contributed by atoms with Crippen molar-refractivity contribution in [2.45, 2.75) is 44.8 Å². The first-order valence-electron chi connectivity index (χ1n) is 7.53. The fourth-order valence-corrected chi connectivity index (χ4v) is 3.75. The molecular formula is C16H21NO4. The third-order valence-corrected chi connectivity index (χ3v) is 4.69. The van der Waals surface area contributed by atoms with Crippen LogP contribution in [0.3, 0.4) is 0 Å². The third kappa shape index (κ3) is 2.58. The summed E-state index contributed by atoms with van der Waals surface area (Å²) in [4.78, 5) is 13.6. The van der Waals surface area contributed by atoms with Gasteiger partial charge in [-0.15, -0.1) is 0 Å². The molecule has 2 fully saturated rings. The summed E-state index contributed by atoms with van der Waals surface area (Å²) in [7, 11) is 0. The molecule has 2 bridgehead atoms. The highest BCUT2D eigenvalue weighted by Gasteiger charge is 2.48. The van der Waals surface area contributed by atoms with Crippen LogP contribution in [0.15, 0.2) is 18.2 Å². The van der Waals surface area contributed by atoms with Crippen LogP contribution in [-0.2, 0) is 11.3 Å². The Balaban J connectivity index is 1.75. The lowest BCUT2D eigenvalue weighted by atomic mass is 9.89. The van der Waals surface area contributed by atoms with Gasteiger partial charge in [0.2, 0.25) is 0 Å². The molecule has 2 N–H and O–H groups in total. The highest BCUT2D eigenvalue weighted by Crippen LogP contribution is 2.43. The molecule has 0 saturated carbocycles. The van der Waals surface area contributed by atoms with Gasteiger partial charge in [-0.05, 0) is 43.9 Å². The molecule has 2 aliphatic rings. The molecule has 3 atom stereocenters. The fourth-order valence-electron chi connectivity index (χ4n) is 3.75. The maximum Gasteiger partial charge on any atom is 0.308 e. The quantitative estimate of drug-likeness (QED) is 0.870. The summed E-state index contributed by atoms with van der Waals surface area (Å²) in [5, 5.41) is 19.0. The monoisotopic (exact) mass is 291 g/mol. The largest absolute Gasteiger partial charge is 0.504 e. The molecule has 1 aromatic carbocycles. The average Bonchev–Trinajstić information content (AvgIpc) is 3.00. The first-order valence-corrected chi connectivity index (χ1v) is 7.53. The molecule has 0 amide bonds. The van der Waals surface area contributed by atoms with Crippen LogP contribution in [0, 0.1) is 5.92 Å². The van der Waals surface area contributed by atoms with E-state index in [0.717, 1.165) is 31.4 Å². The van der Waals surface area contributed by atoms with Crippen molar-refractivity contribution in [2.24, 2.45) is 5.92 Å². The van der Waals surface area contributed by atoms with Crippen molar-refractivity contribution in [2.75, 3.05) is 6.61 Å². The summed E-state index contributed by atoms with van der Waals surface area (Å²) in [5.74, 6) is -0.259. The van der Waals surface area contributed by atoms with Gasteiger partial charge in [0.15, 0.2) is 11.5 Å². The van der Waals surface area contributed by atoms with Crippen LogP contribution < -0.4 is 4.74 Å². The molecule has 3 rings (SSSR count). The van der Waals surface area contributed by atoms with Crippen molar-refractivity contribution in [3.63, 3.8) is 0 Å². The summed E-state index contributed by atoms with van der Waals surface area (Å²) in [6, 6.07) is 5.90. The lowest BCUT2D eigenvalue weighted by Gasteiger charge is -2.23. The van der Waals surface area contributed by atoms with E-state index in [2.05, 4.69) is 4.90 Å². The molecule has 5 heteroatoms. The second-order valence-corrected chi connectivity index (χ2v) is 5.89. The predicted molar refractivity (Wildman–Crippen MR) is 77.4 cm³/mol. The van der Waals surface area contributed by atoms with Gasteiger partial charge >= 0.3 is 5.97 Å². The maximum absolute atomic E-state index is 11.3. The van der Waals surface area contributed by atoms with Gasteiger partial charge in [0, 0.05) is 18.6 Å². The first kappa shape index (κ1) is 14.2. The third-order valence-electron chi connectivity index (χ3n) is 4.69.